The molecule has 0 radical (unpaired) electrons. The maximum Gasteiger partial charge on any atom is 0.123 e. The van der Waals surface area contributed by atoms with Gasteiger partial charge in [-0.05, 0) is 73.6 Å². The van der Waals surface area contributed by atoms with Crippen molar-refractivity contribution in [3.63, 3.8) is 0 Å². The molecule has 0 heterocycles. The molecule has 1 aromatic carbocycles. The summed E-state index contributed by atoms with van der Waals surface area (Å²) < 4.78 is 0. The van der Waals surface area contributed by atoms with Gasteiger partial charge in [-0.2, -0.15) is 0 Å². The molecule has 1 fully saturated rings. The molecule has 2 atom stereocenters. The van der Waals surface area contributed by atoms with Gasteiger partial charge in [-0.25, -0.2) is 0 Å². The predicted molar refractivity (Wildman–Crippen MR) is 115 cm³/mol. The highest BCUT2D eigenvalue weighted by molar-refractivity contribution is 5.54. The van der Waals surface area contributed by atoms with Crippen LogP contribution in [-0.2, 0) is 5.41 Å². The molecule has 1 saturated carbocycles. The summed E-state index contributed by atoms with van der Waals surface area (Å²) in [6.45, 7) is 8.38. The van der Waals surface area contributed by atoms with Gasteiger partial charge in [-0.15, -0.1) is 0 Å². The summed E-state index contributed by atoms with van der Waals surface area (Å²) in [4.78, 5) is 0. The lowest BCUT2D eigenvalue weighted by atomic mass is 9.73. The van der Waals surface area contributed by atoms with Crippen molar-refractivity contribution in [2.75, 3.05) is 6.61 Å². The van der Waals surface area contributed by atoms with Gasteiger partial charge in [0, 0.05) is 11.5 Å². The van der Waals surface area contributed by atoms with Crippen LogP contribution >= 0.6 is 0 Å². The van der Waals surface area contributed by atoms with Crippen LogP contribution in [0.25, 0.3) is 0 Å². The molecule has 2 aliphatic rings. The number of phenols is 2. The average Bonchev–Trinajstić information content (AvgIpc) is 3.45. The Morgan fingerprint density at radius 1 is 1.14 bits per heavy atom. The average molecular weight is 385 g/mol. The van der Waals surface area contributed by atoms with Crippen LogP contribution in [0.15, 0.2) is 35.9 Å². The second-order valence-corrected chi connectivity index (χ2v) is 9.02. The van der Waals surface area contributed by atoms with Crippen LogP contribution in [0.4, 0.5) is 0 Å². The van der Waals surface area contributed by atoms with E-state index in [1.807, 2.05) is 25.1 Å². The second kappa shape index (κ2) is 8.73. The van der Waals surface area contributed by atoms with Gasteiger partial charge in [0.25, 0.3) is 0 Å². The van der Waals surface area contributed by atoms with Gasteiger partial charge in [0.05, 0.1) is 6.61 Å². The minimum absolute atomic E-state index is 0.0277. The lowest BCUT2D eigenvalue weighted by Gasteiger charge is -2.32. The number of phenolic OH excluding ortho intramolecular Hbond substituents is 2. The van der Waals surface area contributed by atoms with Gasteiger partial charge in [-0.3, -0.25) is 0 Å². The topological polar surface area (TPSA) is 60.7 Å². The first-order chi connectivity index (χ1) is 13.4. The van der Waals surface area contributed by atoms with Crippen LogP contribution < -0.4 is 0 Å². The predicted octanol–water partition coefficient (Wildman–Crippen LogP) is 6.09. The Morgan fingerprint density at radius 2 is 1.82 bits per heavy atom. The maximum atomic E-state index is 10.9. The Morgan fingerprint density at radius 3 is 2.36 bits per heavy atom. The summed E-state index contributed by atoms with van der Waals surface area (Å²) >= 11 is 0. The van der Waals surface area contributed by atoms with Gasteiger partial charge >= 0.3 is 0 Å². The molecule has 3 heteroatoms. The van der Waals surface area contributed by atoms with E-state index >= 15 is 0 Å². The molecule has 154 valence electrons. The normalized spacial score (nSPS) is 23.3. The fraction of sp³-hybridized carbons (Fsp3) is 0.600. The zero-order valence-electron chi connectivity index (χ0n) is 17.5. The molecule has 0 aliphatic heterocycles. The Bertz CT molecular complexity index is 719. The smallest absolute Gasteiger partial charge is 0.123 e. The van der Waals surface area contributed by atoms with Gasteiger partial charge in [-0.1, -0.05) is 50.8 Å². The summed E-state index contributed by atoms with van der Waals surface area (Å²) in [5, 5.41) is 31.4. The van der Waals surface area contributed by atoms with Crippen LogP contribution in [-0.4, -0.2) is 21.9 Å². The number of hydrogen-bond acceptors (Lipinski definition) is 3. The highest BCUT2D eigenvalue weighted by atomic mass is 16.3. The fourth-order valence-corrected chi connectivity index (χ4v) is 4.94. The summed E-state index contributed by atoms with van der Waals surface area (Å²) in [6.07, 6.45) is 12.1. The molecular formula is C25H36O3. The Kier molecular flexibility index (Phi) is 6.54. The molecule has 0 aromatic heterocycles. The molecule has 0 bridgehead atoms. The zero-order valence-corrected chi connectivity index (χ0v) is 17.5. The Balaban J connectivity index is 1.88. The Hall–Kier alpha value is -1.74. The van der Waals surface area contributed by atoms with Crippen LogP contribution in [0.1, 0.15) is 88.7 Å². The van der Waals surface area contributed by atoms with Gasteiger partial charge < -0.3 is 15.3 Å². The quantitative estimate of drug-likeness (QED) is 0.357. The first kappa shape index (κ1) is 21.0. The molecule has 1 aromatic rings. The van der Waals surface area contributed by atoms with Crippen molar-refractivity contribution in [2.24, 2.45) is 5.92 Å². The number of aromatic hydroxyl groups is 2. The van der Waals surface area contributed by atoms with Crippen LogP contribution in [0.3, 0.4) is 0 Å². The SMILES string of the molecule is C=C(C)C1CCC(CO)=CC1c1c(O)cc(C2(CCCCCC)CC2)cc1O. The fourth-order valence-electron chi connectivity index (χ4n) is 4.94. The summed E-state index contributed by atoms with van der Waals surface area (Å²) in [5.74, 6) is 0.395. The van der Waals surface area contributed by atoms with Crippen molar-refractivity contribution in [2.45, 2.75) is 83.0 Å². The number of aliphatic hydroxyl groups is 1. The molecule has 3 nitrogen and oxygen atoms in total. The van der Waals surface area contributed by atoms with Crippen molar-refractivity contribution < 1.29 is 15.3 Å². The van der Waals surface area contributed by atoms with E-state index in [0.29, 0.717) is 5.56 Å². The lowest BCUT2D eigenvalue weighted by molar-refractivity contribution is 0.314. The molecule has 0 spiro atoms. The standard InChI is InChI=1S/C25H36O3/c1-4-5-6-7-10-25(11-12-25)19-14-22(27)24(23(28)15-19)21-13-18(16-26)8-9-20(21)17(2)3/h13-15,20-21,26-28H,2,4-12,16H2,1,3H3. The first-order valence-corrected chi connectivity index (χ1v) is 10.9. The minimum atomic E-state index is -0.137. The summed E-state index contributed by atoms with van der Waals surface area (Å²) in [6, 6.07) is 3.77. The van der Waals surface area contributed by atoms with Crippen LogP contribution in [0.2, 0.25) is 0 Å². The second-order valence-electron chi connectivity index (χ2n) is 9.02. The van der Waals surface area contributed by atoms with E-state index in [4.69, 9.17) is 0 Å². The van der Waals surface area contributed by atoms with E-state index < -0.39 is 0 Å². The zero-order chi connectivity index (χ0) is 20.3. The molecule has 0 saturated heterocycles. The van der Waals surface area contributed by atoms with E-state index in [1.165, 1.54) is 25.7 Å². The first-order valence-electron chi connectivity index (χ1n) is 10.9. The van der Waals surface area contributed by atoms with E-state index in [1.54, 1.807) is 0 Å². The third kappa shape index (κ3) is 4.30. The van der Waals surface area contributed by atoms with Crippen molar-refractivity contribution in [3.8, 4) is 11.5 Å². The van der Waals surface area contributed by atoms with E-state index in [2.05, 4.69) is 13.5 Å². The largest absolute Gasteiger partial charge is 0.507 e. The van der Waals surface area contributed by atoms with E-state index in [9.17, 15) is 15.3 Å². The Labute approximate surface area is 169 Å². The molecular weight excluding hydrogens is 348 g/mol. The lowest BCUT2D eigenvalue weighted by Crippen LogP contribution is -2.19. The van der Waals surface area contributed by atoms with Crippen molar-refractivity contribution in [3.05, 3.63) is 47.1 Å². The van der Waals surface area contributed by atoms with Gasteiger partial charge in [0.15, 0.2) is 0 Å². The van der Waals surface area contributed by atoms with Crippen LogP contribution in [0.5, 0.6) is 11.5 Å². The molecule has 3 rings (SSSR count). The number of unbranched alkanes of at least 4 members (excludes halogenated alkanes) is 3. The molecule has 28 heavy (non-hydrogen) atoms. The maximum absolute atomic E-state index is 10.9. The van der Waals surface area contributed by atoms with Crippen molar-refractivity contribution in [1.29, 1.82) is 0 Å². The third-order valence-electron chi connectivity index (χ3n) is 6.91. The third-order valence-corrected chi connectivity index (χ3v) is 6.91. The number of rotatable bonds is 9. The van der Waals surface area contributed by atoms with Crippen molar-refractivity contribution in [1.82, 2.24) is 0 Å². The van der Waals surface area contributed by atoms with Gasteiger partial charge in [0.1, 0.15) is 11.5 Å². The van der Waals surface area contributed by atoms with Gasteiger partial charge in [0.2, 0.25) is 0 Å². The number of aliphatic hydroxyl groups excluding tert-OH is 1. The molecule has 0 amide bonds. The summed E-state index contributed by atoms with van der Waals surface area (Å²) in [5.41, 5.74) is 3.84. The molecule has 3 N–H and O–H groups in total. The number of benzene rings is 1. The van der Waals surface area contributed by atoms with E-state index in [0.717, 1.165) is 48.8 Å². The molecule has 2 aliphatic carbocycles. The number of hydrogen-bond donors (Lipinski definition) is 3. The van der Waals surface area contributed by atoms with E-state index in [-0.39, 0.29) is 35.4 Å². The monoisotopic (exact) mass is 384 g/mol. The van der Waals surface area contributed by atoms with Crippen LogP contribution in [0, 0.1) is 5.92 Å². The number of allylic oxidation sites excluding steroid dienone is 2. The minimum Gasteiger partial charge on any atom is -0.507 e. The molecule has 2 unspecified atom stereocenters. The highest BCUT2D eigenvalue weighted by Crippen LogP contribution is 2.55. The summed E-state index contributed by atoms with van der Waals surface area (Å²) in [7, 11) is 0. The van der Waals surface area contributed by atoms with Crippen molar-refractivity contribution >= 4 is 0 Å². The highest BCUT2D eigenvalue weighted by Gasteiger charge is 2.44.